The van der Waals surface area contributed by atoms with Crippen LogP contribution in [0.3, 0.4) is 0 Å². The maximum atomic E-state index is 12.3. The highest BCUT2D eigenvalue weighted by atomic mass is 32.2. The van der Waals surface area contributed by atoms with Crippen LogP contribution in [0, 0.1) is 18.4 Å². The van der Waals surface area contributed by atoms with Gasteiger partial charge in [0.15, 0.2) is 0 Å². The maximum Gasteiger partial charge on any atom is 0.342 e. The van der Waals surface area contributed by atoms with Crippen molar-refractivity contribution in [2.75, 3.05) is 6.61 Å². The number of ketones is 1. The SMILES string of the molecule is [C-]#[N+]/C(=C/c1cc2cc3c(cc2oc1=O)C#CCCC(=O)C3)S(=O)(=O)OCC. The number of benzene rings is 1. The zero-order chi connectivity index (χ0) is 20.3. The van der Waals surface area contributed by atoms with Crippen LogP contribution >= 0.6 is 0 Å². The van der Waals surface area contributed by atoms with E-state index in [2.05, 4.69) is 20.9 Å². The molecule has 142 valence electrons. The molecule has 0 saturated carbocycles. The molecular formula is C20H15NO6S. The molecule has 1 aliphatic rings. The van der Waals surface area contributed by atoms with E-state index in [1.807, 2.05) is 0 Å². The van der Waals surface area contributed by atoms with Gasteiger partial charge in [0.05, 0.1) is 18.7 Å². The summed E-state index contributed by atoms with van der Waals surface area (Å²) in [6, 6.07) is 4.71. The lowest BCUT2D eigenvalue weighted by atomic mass is 9.96. The van der Waals surface area contributed by atoms with E-state index in [1.165, 1.54) is 13.0 Å². The Balaban J connectivity index is 2.17. The fraction of sp³-hybridized carbons (Fsp3) is 0.250. The van der Waals surface area contributed by atoms with Crippen LogP contribution in [0.15, 0.2) is 32.4 Å². The summed E-state index contributed by atoms with van der Waals surface area (Å²) in [5, 5.41) is -0.216. The van der Waals surface area contributed by atoms with Crippen molar-refractivity contribution in [3.8, 4) is 11.8 Å². The molecule has 0 radical (unpaired) electrons. The molecule has 0 unspecified atom stereocenters. The van der Waals surface area contributed by atoms with Crippen molar-refractivity contribution in [2.45, 2.75) is 26.2 Å². The van der Waals surface area contributed by atoms with Gasteiger partial charge < -0.3 is 4.42 Å². The molecule has 7 nitrogen and oxygen atoms in total. The van der Waals surface area contributed by atoms with Gasteiger partial charge in [-0.15, -0.1) is 0 Å². The van der Waals surface area contributed by atoms with Gasteiger partial charge in [0.1, 0.15) is 11.4 Å². The summed E-state index contributed by atoms with van der Waals surface area (Å²) in [4.78, 5) is 27.2. The number of hydrogen-bond acceptors (Lipinski definition) is 6. The fourth-order valence-corrected chi connectivity index (χ4v) is 3.58. The van der Waals surface area contributed by atoms with Crippen LogP contribution < -0.4 is 5.63 Å². The first-order chi connectivity index (χ1) is 13.3. The van der Waals surface area contributed by atoms with E-state index in [-0.39, 0.29) is 30.0 Å². The summed E-state index contributed by atoms with van der Waals surface area (Å²) in [7, 11) is -4.26. The highest BCUT2D eigenvalue weighted by Crippen LogP contribution is 2.23. The third kappa shape index (κ3) is 4.04. The monoisotopic (exact) mass is 397 g/mol. The van der Waals surface area contributed by atoms with E-state index in [1.54, 1.807) is 12.1 Å². The Bertz CT molecular complexity index is 1270. The van der Waals surface area contributed by atoms with Gasteiger partial charge in [-0.25, -0.2) is 18.1 Å². The highest BCUT2D eigenvalue weighted by Gasteiger charge is 2.20. The van der Waals surface area contributed by atoms with Gasteiger partial charge in [-0.3, -0.25) is 8.98 Å². The molecule has 8 heteroatoms. The Hall–Kier alpha value is -3.20. The minimum Gasteiger partial charge on any atom is -0.422 e. The maximum absolute atomic E-state index is 12.3. The Labute approximate surface area is 161 Å². The first-order valence-corrected chi connectivity index (χ1v) is 9.85. The van der Waals surface area contributed by atoms with Gasteiger partial charge in [0.2, 0.25) is 0 Å². The van der Waals surface area contributed by atoms with Gasteiger partial charge in [-0.05, 0) is 36.8 Å². The van der Waals surface area contributed by atoms with Crippen molar-refractivity contribution in [3.05, 3.63) is 61.8 Å². The number of hydrogen-bond donors (Lipinski definition) is 0. The predicted molar refractivity (Wildman–Crippen MR) is 102 cm³/mol. The molecule has 0 saturated heterocycles. The summed E-state index contributed by atoms with van der Waals surface area (Å²) in [5.41, 5.74) is 0.689. The normalized spacial score (nSPS) is 14.4. The van der Waals surface area contributed by atoms with E-state index < -0.39 is 20.8 Å². The number of Topliss-reactive ketones (excluding diaryl/α,β-unsaturated/α-hetero) is 1. The summed E-state index contributed by atoms with van der Waals surface area (Å²) in [6.45, 7) is 8.42. The minimum atomic E-state index is -4.26. The van der Waals surface area contributed by atoms with Gasteiger partial charge in [-0.2, -0.15) is 0 Å². The molecule has 1 aromatic carbocycles. The number of carbonyl (C=O) groups excluding carboxylic acids is 1. The van der Waals surface area contributed by atoms with Crippen molar-refractivity contribution in [1.29, 1.82) is 0 Å². The van der Waals surface area contributed by atoms with Crippen molar-refractivity contribution < 1.29 is 21.8 Å². The van der Waals surface area contributed by atoms with Gasteiger partial charge >= 0.3 is 20.8 Å². The van der Waals surface area contributed by atoms with E-state index in [0.29, 0.717) is 29.4 Å². The smallest absolute Gasteiger partial charge is 0.342 e. The molecule has 1 heterocycles. The molecule has 0 N–H and O–H groups in total. The molecule has 2 aromatic rings. The zero-order valence-corrected chi connectivity index (χ0v) is 15.8. The van der Waals surface area contributed by atoms with Gasteiger partial charge in [0.25, 0.3) is 0 Å². The standard InChI is InChI=1S/C20H15NO6S/c1-3-26-28(24,25)19(21-2)12-16-9-15-8-14-10-17(22)7-5-4-6-13(14)11-18(15)27-20(16)23/h8-9,11-12H,3,5,7,10H2,1H3/b19-12-. The van der Waals surface area contributed by atoms with Crippen molar-refractivity contribution in [1.82, 2.24) is 0 Å². The molecule has 0 spiro atoms. The molecule has 0 amide bonds. The van der Waals surface area contributed by atoms with Crippen LogP contribution in [-0.4, -0.2) is 20.8 Å². The summed E-state index contributed by atoms with van der Waals surface area (Å²) < 4.78 is 33.8. The minimum absolute atomic E-state index is 0.0604. The number of rotatable bonds is 4. The third-order valence-electron chi connectivity index (χ3n) is 4.04. The first kappa shape index (κ1) is 19.6. The van der Waals surface area contributed by atoms with Crippen LogP contribution in [0.5, 0.6) is 0 Å². The lowest BCUT2D eigenvalue weighted by Gasteiger charge is -2.08. The molecule has 0 bridgehead atoms. The van der Waals surface area contributed by atoms with Crippen LogP contribution in [0.1, 0.15) is 36.5 Å². The third-order valence-corrected chi connectivity index (χ3v) is 5.31. The lowest BCUT2D eigenvalue weighted by Crippen LogP contribution is -2.09. The average molecular weight is 397 g/mol. The molecule has 3 rings (SSSR count). The zero-order valence-electron chi connectivity index (χ0n) is 14.9. The Morgan fingerprint density at radius 3 is 2.86 bits per heavy atom. The molecule has 0 atom stereocenters. The number of carbonyl (C=O) groups is 1. The van der Waals surface area contributed by atoms with E-state index in [0.717, 1.165) is 6.08 Å². The Kier molecular flexibility index (Phi) is 5.46. The molecular weight excluding hydrogens is 382 g/mol. The summed E-state index contributed by atoms with van der Waals surface area (Å²) in [6.07, 6.45) is 2.00. The van der Waals surface area contributed by atoms with E-state index in [9.17, 15) is 18.0 Å². The summed E-state index contributed by atoms with van der Waals surface area (Å²) >= 11 is 0. The lowest BCUT2D eigenvalue weighted by molar-refractivity contribution is -0.118. The fourth-order valence-electron chi connectivity index (χ4n) is 2.76. The number of fused-ring (bicyclic) bond motifs is 2. The second-order valence-corrected chi connectivity index (χ2v) is 7.57. The first-order valence-electron chi connectivity index (χ1n) is 8.44. The van der Waals surface area contributed by atoms with E-state index in [4.69, 9.17) is 11.0 Å². The van der Waals surface area contributed by atoms with E-state index >= 15 is 0 Å². The molecule has 0 fully saturated rings. The largest absolute Gasteiger partial charge is 0.422 e. The van der Waals surface area contributed by atoms with Crippen LogP contribution in [0.2, 0.25) is 0 Å². The number of nitrogens with zero attached hydrogens (tertiary/aromatic N) is 1. The molecule has 0 aliphatic heterocycles. The Morgan fingerprint density at radius 2 is 2.14 bits per heavy atom. The van der Waals surface area contributed by atoms with Crippen LogP contribution in [0.4, 0.5) is 0 Å². The second kappa shape index (κ2) is 7.81. The van der Waals surface area contributed by atoms with Crippen molar-refractivity contribution in [2.24, 2.45) is 0 Å². The van der Waals surface area contributed by atoms with Gasteiger partial charge in [0, 0.05) is 30.2 Å². The predicted octanol–water partition coefficient (Wildman–Crippen LogP) is 2.63. The Morgan fingerprint density at radius 1 is 1.36 bits per heavy atom. The molecule has 1 aliphatic carbocycles. The van der Waals surface area contributed by atoms with Crippen LogP contribution in [-0.2, 0) is 25.5 Å². The highest BCUT2D eigenvalue weighted by molar-refractivity contribution is 7.91. The summed E-state index contributed by atoms with van der Waals surface area (Å²) in [5.74, 6) is 5.95. The molecule has 1 aromatic heterocycles. The van der Waals surface area contributed by atoms with Crippen molar-refractivity contribution >= 4 is 32.9 Å². The topological polar surface area (TPSA) is 95.0 Å². The van der Waals surface area contributed by atoms with Crippen LogP contribution in [0.25, 0.3) is 21.9 Å². The second-order valence-electron chi connectivity index (χ2n) is 6.01. The van der Waals surface area contributed by atoms with Gasteiger partial charge in [-0.1, -0.05) is 11.8 Å². The molecule has 28 heavy (non-hydrogen) atoms. The van der Waals surface area contributed by atoms with Crippen molar-refractivity contribution in [3.63, 3.8) is 0 Å². The average Bonchev–Trinajstić information content (AvgIpc) is 2.62. The quantitative estimate of drug-likeness (QED) is 0.341.